The van der Waals surface area contributed by atoms with Crippen LogP contribution in [0.3, 0.4) is 0 Å². The van der Waals surface area contributed by atoms with E-state index < -0.39 is 11.7 Å². The number of aryl methyl sites for hydroxylation is 1. The number of aromatic amines is 1. The van der Waals surface area contributed by atoms with E-state index in [-0.39, 0.29) is 11.4 Å². The van der Waals surface area contributed by atoms with Crippen LogP contribution in [-0.2, 0) is 6.42 Å². The molecule has 0 unspecified atom stereocenters. The van der Waals surface area contributed by atoms with Gasteiger partial charge in [-0.1, -0.05) is 19.4 Å². The number of hydrogen-bond acceptors (Lipinski definition) is 2. The number of carbonyl (C=O) groups is 1. The Kier molecular flexibility index (Phi) is 4.88. The minimum atomic E-state index is -0.479. The van der Waals surface area contributed by atoms with Crippen molar-refractivity contribution >= 4 is 11.6 Å². The van der Waals surface area contributed by atoms with Crippen molar-refractivity contribution < 1.29 is 13.6 Å². The second-order valence-electron chi connectivity index (χ2n) is 5.65. The predicted molar refractivity (Wildman–Crippen MR) is 92.3 cm³/mol. The maximum absolute atomic E-state index is 13.4. The Labute approximate surface area is 143 Å². The normalized spacial score (nSPS) is 10.7. The molecular formula is C19H17F2N3O. The van der Waals surface area contributed by atoms with Gasteiger partial charge in [-0.2, -0.15) is 5.10 Å². The van der Waals surface area contributed by atoms with Crippen molar-refractivity contribution in [2.75, 3.05) is 5.32 Å². The van der Waals surface area contributed by atoms with Gasteiger partial charge in [0.2, 0.25) is 0 Å². The molecule has 0 radical (unpaired) electrons. The fourth-order valence-electron chi connectivity index (χ4n) is 2.58. The van der Waals surface area contributed by atoms with E-state index >= 15 is 0 Å². The zero-order valence-corrected chi connectivity index (χ0v) is 13.6. The fourth-order valence-corrected chi connectivity index (χ4v) is 2.58. The van der Waals surface area contributed by atoms with E-state index in [0.717, 1.165) is 12.1 Å². The van der Waals surface area contributed by atoms with Crippen LogP contribution >= 0.6 is 0 Å². The number of carbonyl (C=O) groups excluding carboxylic acids is 1. The molecule has 0 aliphatic heterocycles. The van der Waals surface area contributed by atoms with Crippen LogP contribution in [0.4, 0.5) is 14.5 Å². The van der Waals surface area contributed by atoms with Gasteiger partial charge in [-0.3, -0.25) is 9.89 Å². The Morgan fingerprint density at radius 3 is 2.56 bits per heavy atom. The summed E-state index contributed by atoms with van der Waals surface area (Å²) in [4.78, 5) is 12.5. The highest BCUT2D eigenvalue weighted by Gasteiger charge is 2.18. The van der Waals surface area contributed by atoms with Crippen molar-refractivity contribution in [3.8, 4) is 11.3 Å². The van der Waals surface area contributed by atoms with Crippen molar-refractivity contribution in [1.29, 1.82) is 0 Å². The van der Waals surface area contributed by atoms with Crippen LogP contribution in [0.1, 0.15) is 29.4 Å². The Balaban J connectivity index is 1.97. The highest BCUT2D eigenvalue weighted by molar-refractivity contribution is 6.06. The standard InChI is InChI=1S/C19H17F2N3O/c1-2-4-16-18(22-19(25)13-5-3-6-15(21)11-13)17(24-23-16)12-7-9-14(20)10-8-12/h3,5-11H,2,4H2,1H3,(H,22,25)(H,23,24). The van der Waals surface area contributed by atoms with Crippen molar-refractivity contribution in [3.05, 3.63) is 71.4 Å². The van der Waals surface area contributed by atoms with Gasteiger partial charge in [0, 0.05) is 11.1 Å². The zero-order chi connectivity index (χ0) is 17.8. The molecule has 6 heteroatoms. The first kappa shape index (κ1) is 16.8. The van der Waals surface area contributed by atoms with Gasteiger partial charge in [-0.05, 0) is 48.9 Å². The van der Waals surface area contributed by atoms with E-state index in [0.29, 0.717) is 23.4 Å². The van der Waals surface area contributed by atoms with E-state index in [1.54, 1.807) is 12.1 Å². The molecule has 0 saturated heterocycles. The molecule has 2 N–H and O–H groups in total. The van der Waals surface area contributed by atoms with Gasteiger partial charge in [0.05, 0.1) is 11.4 Å². The lowest BCUT2D eigenvalue weighted by molar-refractivity contribution is 0.102. The summed E-state index contributed by atoms with van der Waals surface area (Å²) in [5, 5.41) is 9.99. The quantitative estimate of drug-likeness (QED) is 0.715. The minimum Gasteiger partial charge on any atom is -0.319 e. The molecule has 0 aliphatic carbocycles. The number of halogens is 2. The van der Waals surface area contributed by atoms with E-state index in [1.165, 1.54) is 36.4 Å². The molecule has 1 amide bonds. The van der Waals surface area contributed by atoms with Gasteiger partial charge >= 0.3 is 0 Å². The summed E-state index contributed by atoms with van der Waals surface area (Å²) in [5.41, 5.74) is 2.71. The SMILES string of the molecule is CCCc1[nH]nc(-c2ccc(F)cc2)c1NC(=O)c1cccc(F)c1. The molecule has 0 bridgehead atoms. The second kappa shape index (κ2) is 7.25. The number of nitrogens with one attached hydrogen (secondary N) is 2. The highest BCUT2D eigenvalue weighted by Crippen LogP contribution is 2.30. The molecule has 1 aromatic heterocycles. The summed E-state index contributed by atoms with van der Waals surface area (Å²) in [5.74, 6) is -1.26. The molecule has 0 atom stereocenters. The van der Waals surface area contributed by atoms with Crippen molar-refractivity contribution in [1.82, 2.24) is 10.2 Å². The Bertz CT molecular complexity index is 888. The molecule has 0 aliphatic rings. The molecular weight excluding hydrogens is 324 g/mol. The third kappa shape index (κ3) is 3.74. The minimum absolute atomic E-state index is 0.216. The molecule has 0 saturated carbocycles. The number of amides is 1. The van der Waals surface area contributed by atoms with Crippen LogP contribution in [0, 0.1) is 11.6 Å². The molecule has 25 heavy (non-hydrogen) atoms. The number of H-pyrrole nitrogens is 1. The first-order valence-corrected chi connectivity index (χ1v) is 7.98. The lowest BCUT2D eigenvalue weighted by atomic mass is 10.1. The number of nitrogens with zero attached hydrogens (tertiary/aromatic N) is 1. The van der Waals surface area contributed by atoms with Gasteiger partial charge in [0.1, 0.15) is 17.3 Å². The highest BCUT2D eigenvalue weighted by atomic mass is 19.1. The Hall–Kier alpha value is -3.02. The molecule has 2 aromatic carbocycles. The smallest absolute Gasteiger partial charge is 0.255 e. The largest absolute Gasteiger partial charge is 0.319 e. The molecule has 0 fully saturated rings. The summed E-state index contributed by atoms with van der Waals surface area (Å²) >= 11 is 0. The topological polar surface area (TPSA) is 57.8 Å². The molecule has 3 rings (SSSR count). The van der Waals surface area contributed by atoms with E-state index in [1.807, 2.05) is 6.92 Å². The van der Waals surface area contributed by atoms with Crippen LogP contribution in [-0.4, -0.2) is 16.1 Å². The number of aromatic nitrogens is 2. The number of hydrogen-bond donors (Lipinski definition) is 2. The van der Waals surface area contributed by atoms with Crippen molar-refractivity contribution in [3.63, 3.8) is 0 Å². The Morgan fingerprint density at radius 2 is 1.88 bits per heavy atom. The second-order valence-corrected chi connectivity index (χ2v) is 5.65. The van der Waals surface area contributed by atoms with Gasteiger partial charge in [-0.25, -0.2) is 8.78 Å². The molecule has 128 valence electrons. The monoisotopic (exact) mass is 341 g/mol. The summed E-state index contributed by atoms with van der Waals surface area (Å²) in [6.07, 6.45) is 1.54. The van der Waals surface area contributed by atoms with Crippen LogP contribution in [0.15, 0.2) is 48.5 Å². The average Bonchev–Trinajstić information content (AvgIpc) is 2.98. The summed E-state index contributed by atoms with van der Waals surface area (Å²) < 4.78 is 26.5. The number of rotatable bonds is 5. The van der Waals surface area contributed by atoms with E-state index in [9.17, 15) is 13.6 Å². The fraction of sp³-hybridized carbons (Fsp3) is 0.158. The molecule has 4 nitrogen and oxygen atoms in total. The first-order chi connectivity index (χ1) is 12.1. The predicted octanol–water partition coefficient (Wildman–Crippen LogP) is 4.56. The zero-order valence-electron chi connectivity index (χ0n) is 13.6. The maximum Gasteiger partial charge on any atom is 0.255 e. The van der Waals surface area contributed by atoms with Gasteiger partial charge in [0.25, 0.3) is 5.91 Å². The Morgan fingerprint density at radius 1 is 1.12 bits per heavy atom. The van der Waals surface area contributed by atoms with Gasteiger partial charge < -0.3 is 5.32 Å². The van der Waals surface area contributed by atoms with Crippen LogP contribution < -0.4 is 5.32 Å². The lowest BCUT2D eigenvalue weighted by Gasteiger charge is -2.09. The first-order valence-electron chi connectivity index (χ1n) is 7.98. The summed E-state index contributed by atoms with van der Waals surface area (Å²) in [6.45, 7) is 2.01. The number of benzene rings is 2. The van der Waals surface area contributed by atoms with E-state index in [2.05, 4.69) is 15.5 Å². The van der Waals surface area contributed by atoms with Crippen LogP contribution in [0.5, 0.6) is 0 Å². The van der Waals surface area contributed by atoms with Crippen molar-refractivity contribution in [2.24, 2.45) is 0 Å². The maximum atomic E-state index is 13.4. The average molecular weight is 341 g/mol. The summed E-state index contributed by atoms with van der Waals surface area (Å²) in [6, 6.07) is 11.3. The molecule has 3 aromatic rings. The third-order valence-electron chi connectivity index (χ3n) is 3.78. The molecule has 1 heterocycles. The summed E-state index contributed by atoms with van der Waals surface area (Å²) in [7, 11) is 0. The molecule has 0 spiro atoms. The van der Waals surface area contributed by atoms with Gasteiger partial charge in [0.15, 0.2) is 0 Å². The third-order valence-corrected chi connectivity index (χ3v) is 3.78. The lowest BCUT2D eigenvalue weighted by Crippen LogP contribution is -2.13. The van der Waals surface area contributed by atoms with Gasteiger partial charge in [-0.15, -0.1) is 0 Å². The van der Waals surface area contributed by atoms with Crippen LogP contribution in [0.2, 0.25) is 0 Å². The van der Waals surface area contributed by atoms with Crippen LogP contribution in [0.25, 0.3) is 11.3 Å². The van der Waals surface area contributed by atoms with E-state index in [4.69, 9.17) is 0 Å². The number of anilines is 1. The van der Waals surface area contributed by atoms with Crippen molar-refractivity contribution in [2.45, 2.75) is 19.8 Å².